The van der Waals surface area contributed by atoms with Gasteiger partial charge in [0.1, 0.15) is 5.82 Å². The van der Waals surface area contributed by atoms with Gasteiger partial charge in [0.2, 0.25) is 0 Å². The van der Waals surface area contributed by atoms with Gasteiger partial charge in [0, 0.05) is 35.9 Å². The number of ether oxygens (including phenoxy) is 1. The lowest BCUT2D eigenvalue weighted by atomic mass is 10.1. The molecular formula is C14H16BrN3O. The van der Waals surface area contributed by atoms with E-state index in [1.165, 1.54) is 11.1 Å². The Labute approximate surface area is 120 Å². The van der Waals surface area contributed by atoms with Gasteiger partial charge in [-0.05, 0) is 24.1 Å². The maximum Gasteiger partial charge on any atom is 0.124 e. The van der Waals surface area contributed by atoms with Gasteiger partial charge in [-0.15, -0.1) is 0 Å². The number of aromatic nitrogens is 2. The van der Waals surface area contributed by atoms with Crippen molar-refractivity contribution in [3.8, 4) is 11.3 Å². The Kier molecular flexibility index (Phi) is 3.43. The number of nitrogens with two attached hydrogens (primary N) is 1. The maximum atomic E-state index is 6.10. The topological polar surface area (TPSA) is 63.9 Å². The second-order valence-electron chi connectivity index (χ2n) is 4.82. The van der Waals surface area contributed by atoms with Gasteiger partial charge >= 0.3 is 0 Å². The van der Waals surface area contributed by atoms with Crippen molar-refractivity contribution < 1.29 is 4.74 Å². The molecule has 0 fully saturated rings. The molecule has 0 radical (unpaired) electrons. The summed E-state index contributed by atoms with van der Waals surface area (Å²) >= 11 is 3.50. The fourth-order valence-electron chi connectivity index (χ4n) is 2.47. The van der Waals surface area contributed by atoms with Gasteiger partial charge in [-0.2, -0.15) is 0 Å². The minimum absolute atomic E-state index is 0.0931. The summed E-state index contributed by atoms with van der Waals surface area (Å²) in [5.41, 5.74) is 10.8. The molecule has 1 aromatic carbocycles. The molecular weight excluding hydrogens is 306 g/mol. The van der Waals surface area contributed by atoms with E-state index in [4.69, 9.17) is 10.5 Å². The monoisotopic (exact) mass is 321 g/mol. The molecule has 1 atom stereocenters. The first-order valence-corrected chi connectivity index (χ1v) is 7.10. The molecule has 100 valence electrons. The zero-order valence-corrected chi connectivity index (χ0v) is 12.3. The molecule has 2 aromatic rings. The van der Waals surface area contributed by atoms with Crippen LogP contribution in [0.25, 0.3) is 11.3 Å². The highest BCUT2D eigenvalue weighted by atomic mass is 79.9. The van der Waals surface area contributed by atoms with Gasteiger partial charge in [0.05, 0.1) is 11.7 Å². The lowest BCUT2D eigenvalue weighted by Crippen LogP contribution is -2.14. The van der Waals surface area contributed by atoms with Crippen LogP contribution in [0.5, 0.6) is 0 Å². The number of hydrogen-bond donors (Lipinski definition) is 2. The number of hydrogen-bond acceptors (Lipinski definition) is 3. The minimum atomic E-state index is -0.0931. The van der Waals surface area contributed by atoms with E-state index in [-0.39, 0.29) is 6.04 Å². The first-order valence-electron chi connectivity index (χ1n) is 6.31. The number of benzene rings is 1. The van der Waals surface area contributed by atoms with Crippen molar-refractivity contribution in [3.63, 3.8) is 0 Å². The van der Waals surface area contributed by atoms with Crippen LogP contribution >= 0.6 is 15.9 Å². The lowest BCUT2D eigenvalue weighted by Gasteiger charge is -2.08. The fourth-order valence-corrected chi connectivity index (χ4v) is 2.88. The van der Waals surface area contributed by atoms with E-state index in [1.54, 1.807) is 7.11 Å². The Morgan fingerprint density at radius 3 is 3.16 bits per heavy atom. The average molecular weight is 322 g/mol. The highest BCUT2D eigenvalue weighted by molar-refractivity contribution is 9.10. The second kappa shape index (κ2) is 5.07. The van der Waals surface area contributed by atoms with E-state index >= 15 is 0 Å². The third kappa shape index (κ3) is 2.33. The number of nitrogens with zero attached hydrogens (tertiary/aromatic N) is 1. The molecule has 3 rings (SSSR count). The summed E-state index contributed by atoms with van der Waals surface area (Å²) < 4.78 is 6.16. The molecule has 0 aliphatic heterocycles. The molecule has 4 nitrogen and oxygen atoms in total. The van der Waals surface area contributed by atoms with Crippen LogP contribution < -0.4 is 5.73 Å². The summed E-state index contributed by atoms with van der Waals surface area (Å²) in [5.74, 6) is 0.857. The summed E-state index contributed by atoms with van der Waals surface area (Å²) in [4.78, 5) is 8.02. The molecule has 1 unspecified atom stereocenters. The zero-order valence-electron chi connectivity index (χ0n) is 10.7. The standard InChI is InChI=1S/C14H16BrN3O/c1-19-5-4-11(16)14-17-12-7-8-6-9(15)2-3-10(8)13(12)18-14/h2-3,6,11H,4-5,7,16H2,1H3,(H,17,18). The van der Waals surface area contributed by atoms with Crippen LogP contribution in [0.3, 0.4) is 0 Å². The predicted octanol–water partition coefficient (Wildman–Crippen LogP) is 2.78. The SMILES string of the molecule is COCCC(N)c1nc2c([nH]1)Cc1cc(Br)ccc1-2. The van der Waals surface area contributed by atoms with E-state index in [0.717, 1.165) is 34.5 Å². The van der Waals surface area contributed by atoms with Gasteiger partial charge in [0.25, 0.3) is 0 Å². The first-order chi connectivity index (χ1) is 9.19. The van der Waals surface area contributed by atoms with E-state index < -0.39 is 0 Å². The Morgan fingerprint density at radius 2 is 2.37 bits per heavy atom. The van der Waals surface area contributed by atoms with Crippen LogP contribution in [0, 0.1) is 0 Å². The smallest absolute Gasteiger partial charge is 0.124 e. The van der Waals surface area contributed by atoms with Crippen molar-refractivity contribution in [2.24, 2.45) is 5.73 Å². The predicted molar refractivity (Wildman–Crippen MR) is 78.0 cm³/mol. The van der Waals surface area contributed by atoms with E-state index in [2.05, 4.69) is 38.0 Å². The van der Waals surface area contributed by atoms with Gasteiger partial charge in [0.15, 0.2) is 0 Å². The first kappa shape index (κ1) is 12.8. The Bertz CT molecular complexity index is 609. The van der Waals surface area contributed by atoms with Crippen LogP contribution in [0.2, 0.25) is 0 Å². The van der Waals surface area contributed by atoms with Crippen LogP contribution in [-0.2, 0) is 11.2 Å². The van der Waals surface area contributed by atoms with Crippen molar-refractivity contribution in [2.75, 3.05) is 13.7 Å². The number of H-pyrrole nitrogens is 1. The summed E-state index contributed by atoms with van der Waals surface area (Å²) in [7, 11) is 1.68. The average Bonchev–Trinajstić information content (AvgIpc) is 2.92. The number of methoxy groups -OCH3 is 1. The molecule has 0 saturated carbocycles. The highest BCUT2D eigenvalue weighted by Gasteiger charge is 2.24. The number of fused-ring (bicyclic) bond motifs is 3. The second-order valence-corrected chi connectivity index (χ2v) is 5.73. The molecule has 0 saturated heterocycles. The number of nitrogens with one attached hydrogen (secondary N) is 1. The maximum absolute atomic E-state index is 6.10. The molecule has 1 heterocycles. The number of imidazole rings is 1. The Morgan fingerprint density at radius 1 is 1.53 bits per heavy atom. The van der Waals surface area contributed by atoms with Crippen molar-refractivity contribution >= 4 is 15.9 Å². The highest BCUT2D eigenvalue weighted by Crippen LogP contribution is 2.37. The molecule has 0 bridgehead atoms. The van der Waals surface area contributed by atoms with Gasteiger partial charge in [-0.25, -0.2) is 4.98 Å². The van der Waals surface area contributed by atoms with E-state index in [0.29, 0.717) is 6.61 Å². The van der Waals surface area contributed by atoms with Gasteiger partial charge < -0.3 is 15.5 Å². The number of aromatic amines is 1. The van der Waals surface area contributed by atoms with Crippen molar-refractivity contribution in [2.45, 2.75) is 18.9 Å². The molecule has 0 spiro atoms. The van der Waals surface area contributed by atoms with Crippen LogP contribution in [0.15, 0.2) is 22.7 Å². The molecule has 5 heteroatoms. The Balaban J connectivity index is 1.89. The van der Waals surface area contributed by atoms with Crippen LogP contribution in [-0.4, -0.2) is 23.7 Å². The summed E-state index contributed by atoms with van der Waals surface area (Å²) in [6, 6.07) is 6.21. The quantitative estimate of drug-likeness (QED) is 0.776. The van der Waals surface area contributed by atoms with E-state index in [9.17, 15) is 0 Å². The minimum Gasteiger partial charge on any atom is -0.385 e. The fraction of sp³-hybridized carbons (Fsp3) is 0.357. The molecule has 1 aliphatic carbocycles. The normalized spacial score (nSPS) is 14.3. The van der Waals surface area contributed by atoms with Gasteiger partial charge in [-0.3, -0.25) is 0 Å². The lowest BCUT2D eigenvalue weighted by molar-refractivity contribution is 0.187. The molecule has 3 N–H and O–H groups in total. The van der Waals surface area contributed by atoms with E-state index in [1.807, 2.05) is 6.07 Å². The molecule has 19 heavy (non-hydrogen) atoms. The number of rotatable bonds is 4. The zero-order chi connectivity index (χ0) is 13.4. The third-order valence-electron chi connectivity index (χ3n) is 3.47. The molecule has 0 amide bonds. The Hall–Kier alpha value is -1.17. The summed E-state index contributed by atoms with van der Waals surface area (Å²) in [6.45, 7) is 0.649. The van der Waals surface area contributed by atoms with Crippen molar-refractivity contribution in [1.29, 1.82) is 0 Å². The number of halogens is 1. The molecule has 1 aliphatic rings. The molecule has 1 aromatic heterocycles. The van der Waals surface area contributed by atoms with Crippen molar-refractivity contribution in [3.05, 3.63) is 39.8 Å². The summed E-state index contributed by atoms with van der Waals surface area (Å²) in [6.07, 6.45) is 1.67. The van der Waals surface area contributed by atoms with Gasteiger partial charge in [-0.1, -0.05) is 22.0 Å². The largest absolute Gasteiger partial charge is 0.385 e. The van der Waals surface area contributed by atoms with Crippen LogP contribution in [0.1, 0.15) is 29.5 Å². The van der Waals surface area contributed by atoms with Crippen molar-refractivity contribution in [1.82, 2.24) is 9.97 Å². The third-order valence-corrected chi connectivity index (χ3v) is 3.96. The summed E-state index contributed by atoms with van der Waals surface area (Å²) in [5, 5.41) is 0. The van der Waals surface area contributed by atoms with Crippen LogP contribution in [0.4, 0.5) is 0 Å².